The maximum atomic E-state index is 13.6. The summed E-state index contributed by atoms with van der Waals surface area (Å²) in [6.07, 6.45) is 0.0613. The van der Waals surface area contributed by atoms with Gasteiger partial charge < -0.3 is 29.8 Å². The minimum atomic E-state index is -1.17. The number of imidazole rings is 1. The van der Waals surface area contributed by atoms with Crippen LogP contribution in [0.2, 0.25) is 0 Å². The third kappa shape index (κ3) is 6.30. The average Bonchev–Trinajstić information content (AvgIpc) is 3.41. The summed E-state index contributed by atoms with van der Waals surface area (Å²) in [5.74, 6) is -1.92. The molecule has 4 rings (SSSR count). The molecule has 1 saturated carbocycles. The number of hydrogen-bond acceptors (Lipinski definition) is 10. The third-order valence-electron chi connectivity index (χ3n) is 6.36. The Balaban J connectivity index is 1.63. The molecule has 0 spiro atoms. The van der Waals surface area contributed by atoms with Gasteiger partial charge in [0.05, 0.1) is 18.3 Å². The van der Waals surface area contributed by atoms with Gasteiger partial charge in [-0.2, -0.15) is 4.98 Å². The van der Waals surface area contributed by atoms with Crippen molar-refractivity contribution >= 4 is 35.1 Å². The van der Waals surface area contributed by atoms with Crippen molar-refractivity contribution in [3.8, 4) is 0 Å². The first-order valence-electron chi connectivity index (χ1n) is 12.6. The van der Waals surface area contributed by atoms with E-state index in [1.165, 1.54) is 13.3 Å². The topological polar surface area (TPSA) is 181 Å². The monoisotopic (exact) mass is 552 g/mol. The molecule has 13 nitrogen and oxygen atoms in total. The smallest absolute Gasteiger partial charge is 0.408 e. The number of benzene rings is 1. The first-order valence-corrected chi connectivity index (χ1v) is 12.6. The molecule has 1 aromatic carbocycles. The van der Waals surface area contributed by atoms with E-state index >= 15 is 0 Å². The van der Waals surface area contributed by atoms with Gasteiger partial charge in [0.25, 0.3) is 5.56 Å². The number of carbonyl (C=O) groups excluding carboxylic acids is 3. The summed E-state index contributed by atoms with van der Waals surface area (Å²) in [4.78, 5) is 60.9. The van der Waals surface area contributed by atoms with E-state index in [4.69, 9.17) is 19.9 Å². The van der Waals surface area contributed by atoms with Gasteiger partial charge in [0.15, 0.2) is 17.2 Å². The highest BCUT2D eigenvalue weighted by Crippen LogP contribution is 2.42. The van der Waals surface area contributed by atoms with E-state index in [-0.39, 0.29) is 30.1 Å². The van der Waals surface area contributed by atoms with Gasteiger partial charge in [-0.05, 0) is 31.9 Å². The molecule has 4 atom stereocenters. The minimum Gasteiger partial charge on any atom is -0.465 e. The summed E-state index contributed by atoms with van der Waals surface area (Å²) in [6, 6.07) is 6.92. The number of ether oxygens (including phenoxy) is 3. The van der Waals surface area contributed by atoms with Crippen molar-refractivity contribution in [3.05, 3.63) is 64.7 Å². The molecule has 3 unspecified atom stereocenters. The number of amides is 1. The zero-order valence-corrected chi connectivity index (χ0v) is 22.7. The molecule has 2 aromatic heterocycles. The first kappa shape index (κ1) is 28.3. The summed E-state index contributed by atoms with van der Waals surface area (Å²) in [6.45, 7) is 10.5. The second kappa shape index (κ2) is 11.2. The number of rotatable bonds is 7. The molecule has 212 valence electrons. The number of hydrogen-bond donors (Lipinski definition) is 3. The molecule has 4 N–H and O–H groups in total. The van der Waals surface area contributed by atoms with E-state index in [0.717, 1.165) is 0 Å². The van der Waals surface area contributed by atoms with Crippen LogP contribution in [0, 0.1) is 5.92 Å². The van der Waals surface area contributed by atoms with Gasteiger partial charge in [-0.15, -0.1) is 0 Å². The van der Waals surface area contributed by atoms with Crippen LogP contribution >= 0.6 is 0 Å². The number of nitrogens with one attached hydrogen (secondary N) is 2. The van der Waals surface area contributed by atoms with Crippen LogP contribution in [-0.2, 0) is 23.8 Å². The molecule has 2 heterocycles. The van der Waals surface area contributed by atoms with Crippen LogP contribution in [0.3, 0.4) is 0 Å². The summed E-state index contributed by atoms with van der Waals surface area (Å²) in [7, 11) is 0. The Kier molecular flexibility index (Phi) is 7.93. The van der Waals surface area contributed by atoms with E-state index in [1.54, 1.807) is 55.7 Å². The molecule has 0 radical (unpaired) electrons. The molecule has 40 heavy (non-hydrogen) atoms. The molecule has 0 saturated heterocycles. The van der Waals surface area contributed by atoms with Gasteiger partial charge in [-0.3, -0.25) is 14.6 Å². The van der Waals surface area contributed by atoms with Crippen LogP contribution in [0.15, 0.2) is 53.6 Å². The quantitative estimate of drug-likeness (QED) is 0.224. The number of aromatic nitrogens is 4. The lowest BCUT2D eigenvalue weighted by Gasteiger charge is -2.25. The van der Waals surface area contributed by atoms with E-state index in [9.17, 15) is 19.2 Å². The van der Waals surface area contributed by atoms with Gasteiger partial charge in [0.1, 0.15) is 18.3 Å². The maximum absolute atomic E-state index is 13.6. The number of esters is 2. The fourth-order valence-electron chi connectivity index (χ4n) is 4.60. The van der Waals surface area contributed by atoms with Crippen molar-refractivity contribution in [2.24, 2.45) is 5.92 Å². The molecule has 1 aliphatic rings. The van der Waals surface area contributed by atoms with Crippen LogP contribution in [-0.4, -0.2) is 55.9 Å². The van der Waals surface area contributed by atoms with Gasteiger partial charge in [0.2, 0.25) is 5.95 Å². The van der Waals surface area contributed by atoms with E-state index < -0.39 is 53.3 Å². The lowest BCUT2D eigenvalue weighted by Crippen LogP contribution is -2.40. The Morgan fingerprint density at radius 1 is 1.25 bits per heavy atom. The van der Waals surface area contributed by atoms with E-state index in [1.807, 2.05) is 0 Å². The normalized spacial score (nSPS) is 19.7. The molecule has 1 aliphatic carbocycles. The largest absolute Gasteiger partial charge is 0.465 e. The number of nitrogens with two attached hydrogens (primary N) is 1. The Hall–Kier alpha value is -4.68. The molecule has 0 bridgehead atoms. The third-order valence-corrected chi connectivity index (χ3v) is 6.36. The molecule has 1 fully saturated rings. The molecular formula is C27H32N6O7. The van der Waals surface area contributed by atoms with E-state index in [2.05, 4.69) is 26.8 Å². The zero-order valence-electron chi connectivity index (χ0n) is 22.7. The van der Waals surface area contributed by atoms with Gasteiger partial charge in [0, 0.05) is 13.3 Å². The summed E-state index contributed by atoms with van der Waals surface area (Å²) in [5.41, 5.74) is 5.86. The predicted molar refractivity (Wildman–Crippen MR) is 144 cm³/mol. The van der Waals surface area contributed by atoms with E-state index in [0.29, 0.717) is 11.1 Å². The van der Waals surface area contributed by atoms with Crippen molar-refractivity contribution in [2.45, 2.75) is 57.9 Å². The fraction of sp³-hybridized carbons (Fsp3) is 0.407. The maximum Gasteiger partial charge on any atom is 0.408 e. The number of anilines is 1. The fourth-order valence-corrected chi connectivity index (χ4v) is 4.60. The van der Waals surface area contributed by atoms with Crippen molar-refractivity contribution < 1.29 is 28.6 Å². The second-order valence-electron chi connectivity index (χ2n) is 10.5. The Bertz CT molecular complexity index is 1490. The lowest BCUT2D eigenvalue weighted by molar-refractivity contribution is -0.155. The number of carbonyl (C=O) groups is 3. The molecule has 13 heteroatoms. The van der Waals surface area contributed by atoms with Crippen LogP contribution in [0.4, 0.5) is 10.7 Å². The lowest BCUT2D eigenvalue weighted by atomic mass is 10.0. The van der Waals surface area contributed by atoms with Crippen molar-refractivity contribution in [2.75, 3.05) is 12.3 Å². The van der Waals surface area contributed by atoms with Gasteiger partial charge in [-0.25, -0.2) is 14.6 Å². The van der Waals surface area contributed by atoms with Crippen LogP contribution in [0.5, 0.6) is 0 Å². The zero-order chi connectivity index (χ0) is 29.2. The van der Waals surface area contributed by atoms with Crippen LogP contribution < -0.4 is 16.6 Å². The number of H-pyrrole nitrogens is 1. The Morgan fingerprint density at radius 2 is 1.95 bits per heavy atom. The summed E-state index contributed by atoms with van der Waals surface area (Å²) < 4.78 is 18.2. The number of nitrogen functional groups attached to an aromatic ring is 1. The Labute approximate surface area is 229 Å². The number of aromatic amines is 1. The van der Waals surface area contributed by atoms with Crippen LogP contribution in [0.1, 0.15) is 51.8 Å². The van der Waals surface area contributed by atoms with Crippen molar-refractivity contribution in [3.63, 3.8) is 0 Å². The number of nitrogens with zero attached hydrogens (tertiary/aromatic N) is 3. The average molecular weight is 553 g/mol. The Morgan fingerprint density at radius 3 is 2.60 bits per heavy atom. The summed E-state index contributed by atoms with van der Waals surface area (Å²) in [5, 5.41) is 2.59. The molecule has 0 aliphatic heterocycles. The first-order chi connectivity index (χ1) is 18.8. The highest BCUT2D eigenvalue weighted by Gasteiger charge is 2.43. The minimum absolute atomic E-state index is 0.0822. The second-order valence-corrected chi connectivity index (χ2v) is 10.5. The molecule has 1 amide bonds. The van der Waals surface area contributed by atoms with Gasteiger partial charge in [-0.1, -0.05) is 36.9 Å². The summed E-state index contributed by atoms with van der Waals surface area (Å²) >= 11 is 0. The SMILES string of the molecule is C=C1C(COC(C)=O)C(OC(=O)[C@H](NC(=O)OC(C)(C)C)c2ccccc2)CC1n1cnc2c(=O)[nH]c(N)nc21. The predicted octanol–water partition coefficient (Wildman–Crippen LogP) is 2.56. The molecular weight excluding hydrogens is 520 g/mol. The van der Waals surface area contributed by atoms with Crippen molar-refractivity contribution in [1.82, 2.24) is 24.8 Å². The molecule has 3 aromatic rings. The standard InChI is InChI=1S/C27H32N6O7/c1-14-17(12-38-15(2)34)19(11-18(14)33-13-29-21-22(33)31-25(28)32-23(21)35)39-24(36)20(16-9-7-6-8-10-16)30-26(37)40-27(3,4)5/h6-10,13,17-20H,1,11-12H2,2-5H3,(H,30,37)(H3,28,31,32,35)/t17?,18?,19?,20-/m1/s1. The highest BCUT2D eigenvalue weighted by atomic mass is 16.6. The van der Waals surface area contributed by atoms with Gasteiger partial charge >= 0.3 is 18.0 Å². The number of alkyl carbamates (subject to hydrolysis) is 1. The van der Waals surface area contributed by atoms with Crippen molar-refractivity contribution in [1.29, 1.82) is 0 Å². The van der Waals surface area contributed by atoms with Crippen LogP contribution in [0.25, 0.3) is 11.2 Å². The number of fused-ring (bicyclic) bond motifs is 1. The highest BCUT2D eigenvalue weighted by molar-refractivity contribution is 5.83.